The Balaban J connectivity index is 1.78. The molecule has 0 aliphatic heterocycles. The van der Waals surface area contributed by atoms with E-state index < -0.39 is 0 Å². The predicted octanol–water partition coefficient (Wildman–Crippen LogP) is 1.68. The highest BCUT2D eigenvalue weighted by Crippen LogP contribution is 2.55. The Morgan fingerprint density at radius 1 is 1.40 bits per heavy atom. The van der Waals surface area contributed by atoms with Gasteiger partial charge in [-0.25, -0.2) is 0 Å². The van der Waals surface area contributed by atoms with Crippen LogP contribution in [0.15, 0.2) is 6.20 Å². The Morgan fingerprint density at radius 3 is 2.70 bits per heavy atom. The lowest BCUT2D eigenvalue weighted by atomic mass is 9.96. The van der Waals surface area contributed by atoms with Gasteiger partial charge in [0.05, 0.1) is 19.9 Å². The summed E-state index contributed by atoms with van der Waals surface area (Å²) in [5.74, 6) is 2.66. The third kappa shape index (κ3) is 2.46. The fraction of sp³-hybridized carbons (Fsp3) is 0.733. The van der Waals surface area contributed by atoms with Crippen LogP contribution in [0.1, 0.15) is 29.8 Å². The zero-order chi connectivity index (χ0) is 14.3. The molecule has 110 valence electrons. The highest BCUT2D eigenvalue weighted by Gasteiger charge is 2.48. The fourth-order valence-electron chi connectivity index (χ4n) is 3.35. The number of hydrogen-bond acceptors (Lipinski definition) is 4. The van der Waals surface area contributed by atoms with Crippen molar-refractivity contribution in [1.29, 1.82) is 0 Å². The number of rotatable bonds is 6. The molecule has 1 aromatic rings. The van der Waals surface area contributed by atoms with Crippen LogP contribution in [0.3, 0.4) is 0 Å². The van der Waals surface area contributed by atoms with Gasteiger partial charge in [0.1, 0.15) is 5.69 Å². The Bertz CT molecular complexity index is 499. The van der Waals surface area contributed by atoms with Crippen molar-refractivity contribution in [3.63, 3.8) is 0 Å². The highest BCUT2D eigenvalue weighted by atomic mass is 16.5. The van der Waals surface area contributed by atoms with Crippen LogP contribution in [0.25, 0.3) is 0 Å². The number of fused-ring (bicyclic) bond motifs is 1. The predicted molar refractivity (Wildman–Crippen MR) is 76.0 cm³/mol. The van der Waals surface area contributed by atoms with Crippen LogP contribution in [0, 0.1) is 17.8 Å². The summed E-state index contributed by atoms with van der Waals surface area (Å²) in [6, 6.07) is 0. The molecule has 0 radical (unpaired) electrons. The van der Waals surface area contributed by atoms with Gasteiger partial charge in [-0.3, -0.25) is 9.48 Å². The van der Waals surface area contributed by atoms with Crippen LogP contribution in [0.4, 0.5) is 0 Å². The fourth-order valence-corrected chi connectivity index (χ4v) is 3.35. The van der Waals surface area contributed by atoms with E-state index in [2.05, 4.69) is 10.00 Å². The summed E-state index contributed by atoms with van der Waals surface area (Å²) in [7, 11) is 5.65. The van der Waals surface area contributed by atoms with Crippen molar-refractivity contribution in [2.45, 2.75) is 25.8 Å². The van der Waals surface area contributed by atoms with Gasteiger partial charge in [-0.05, 0) is 45.2 Å². The van der Waals surface area contributed by atoms with E-state index in [4.69, 9.17) is 4.74 Å². The summed E-state index contributed by atoms with van der Waals surface area (Å²) >= 11 is 0. The molecule has 3 rings (SSSR count). The molecule has 2 unspecified atom stereocenters. The molecular formula is C15H23N3O2. The number of carbonyl (C=O) groups is 1. The van der Waals surface area contributed by atoms with E-state index in [0.29, 0.717) is 11.4 Å². The molecule has 0 saturated heterocycles. The van der Waals surface area contributed by atoms with Gasteiger partial charge >= 0.3 is 0 Å². The smallest absolute Gasteiger partial charge is 0.187 e. The number of ketones is 1. The van der Waals surface area contributed by atoms with Crippen LogP contribution >= 0.6 is 0 Å². The van der Waals surface area contributed by atoms with Crippen LogP contribution in [0.5, 0.6) is 5.75 Å². The maximum absolute atomic E-state index is 12.8. The molecule has 20 heavy (non-hydrogen) atoms. The lowest BCUT2D eigenvalue weighted by Crippen LogP contribution is -2.24. The maximum atomic E-state index is 12.8. The number of carbonyl (C=O) groups excluding carboxylic acids is 1. The normalized spacial score (nSPS) is 27.7. The molecule has 0 N–H and O–H groups in total. The van der Waals surface area contributed by atoms with Gasteiger partial charge in [0, 0.05) is 12.5 Å². The molecule has 0 bridgehead atoms. The van der Waals surface area contributed by atoms with Gasteiger partial charge < -0.3 is 9.64 Å². The minimum atomic E-state index is 0.183. The first kappa shape index (κ1) is 13.6. The molecule has 5 heteroatoms. The van der Waals surface area contributed by atoms with Crippen molar-refractivity contribution in [2.75, 3.05) is 27.7 Å². The second-order valence-electron chi connectivity index (χ2n) is 6.38. The molecule has 1 aromatic heterocycles. The lowest BCUT2D eigenvalue weighted by Gasteiger charge is -2.15. The highest BCUT2D eigenvalue weighted by molar-refractivity contribution is 5.99. The number of likely N-dealkylation sites (N-methyl/N-ethyl adjacent to an activating group) is 1. The first-order valence-corrected chi connectivity index (χ1v) is 7.39. The summed E-state index contributed by atoms with van der Waals surface area (Å²) < 4.78 is 7.14. The van der Waals surface area contributed by atoms with Crippen molar-refractivity contribution in [1.82, 2.24) is 14.7 Å². The van der Waals surface area contributed by atoms with Crippen LogP contribution < -0.4 is 4.74 Å². The average Bonchev–Trinajstić information content (AvgIpc) is 2.89. The largest absolute Gasteiger partial charge is 0.493 e. The number of aromatic nitrogens is 2. The van der Waals surface area contributed by atoms with E-state index in [9.17, 15) is 4.79 Å². The van der Waals surface area contributed by atoms with Crippen LogP contribution in [-0.4, -0.2) is 48.2 Å². The van der Waals surface area contributed by atoms with Gasteiger partial charge in [0.2, 0.25) is 0 Å². The maximum Gasteiger partial charge on any atom is 0.187 e. The molecule has 1 heterocycles. The number of Topliss-reactive ketones (excluding diaryl/α,β-unsaturated/α-hetero) is 1. The van der Waals surface area contributed by atoms with E-state index in [1.54, 1.807) is 13.3 Å². The summed E-state index contributed by atoms with van der Waals surface area (Å²) in [6.45, 7) is 1.58. The summed E-state index contributed by atoms with van der Waals surface area (Å²) in [4.78, 5) is 14.9. The van der Waals surface area contributed by atoms with E-state index in [-0.39, 0.29) is 11.7 Å². The number of hydrogen-bond donors (Lipinski definition) is 0. The molecule has 5 nitrogen and oxygen atoms in total. The van der Waals surface area contributed by atoms with Crippen LogP contribution in [-0.2, 0) is 6.54 Å². The second kappa shape index (κ2) is 5.20. The topological polar surface area (TPSA) is 47.4 Å². The Labute approximate surface area is 119 Å². The molecular weight excluding hydrogens is 254 g/mol. The minimum Gasteiger partial charge on any atom is -0.493 e. The zero-order valence-corrected chi connectivity index (χ0v) is 12.5. The van der Waals surface area contributed by atoms with Crippen molar-refractivity contribution in [2.24, 2.45) is 17.8 Å². The lowest BCUT2D eigenvalue weighted by molar-refractivity contribution is 0.0899. The first-order valence-electron chi connectivity index (χ1n) is 7.39. The number of methoxy groups -OCH3 is 1. The van der Waals surface area contributed by atoms with E-state index in [1.165, 1.54) is 6.42 Å². The standard InChI is InChI=1S/C15H23N3O2/c1-17(2)4-5-18-14(13(20-3)9-16-18)15(19)12-7-10-6-11(10)8-12/h9-12H,4-8H2,1-3H3. The van der Waals surface area contributed by atoms with Crippen molar-refractivity contribution in [3.05, 3.63) is 11.9 Å². The molecule has 2 fully saturated rings. The first-order chi connectivity index (χ1) is 9.60. The molecule has 2 aliphatic carbocycles. The zero-order valence-electron chi connectivity index (χ0n) is 12.5. The van der Waals surface area contributed by atoms with E-state index >= 15 is 0 Å². The van der Waals surface area contributed by atoms with Crippen molar-refractivity contribution in [3.8, 4) is 5.75 Å². The van der Waals surface area contributed by atoms with Gasteiger partial charge in [-0.1, -0.05) is 0 Å². The van der Waals surface area contributed by atoms with E-state index in [1.807, 2.05) is 18.8 Å². The molecule has 2 atom stereocenters. The molecule has 2 saturated carbocycles. The Kier molecular flexibility index (Phi) is 3.54. The third-order valence-corrected chi connectivity index (χ3v) is 4.63. The van der Waals surface area contributed by atoms with Gasteiger partial charge in [0.15, 0.2) is 11.5 Å². The summed E-state index contributed by atoms with van der Waals surface area (Å²) in [5, 5.41) is 4.33. The summed E-state index contributed by atoms with van der Waals surface area (Å²) in [6.07, 6.45) is 5.12. The van der Waals surface area contributed by atoms with Crippen LogP contribution in [0.2, 0.25) is 0 Å². The van der Waals surface area contributed by atoms with Crippen molar-refractivity contribution >= 4 is 5.78 Å². The Morgan fingerprint density at radius 2 is 2.10 bits per heavy atom. The Hall–Kier alpha value is -1.36. The second-order valence-corrected chi connectivity index (χ2v) is 6.38. The molecule has 0 spiro atoms. The average molecular weight is 277 g/mol. The quantitative estimate of drug-likeness (QED) is 0.742. The van der Waals surface area contributed by atoms with E-state index in [0.717, 1.165) is 37.8 Å². The van der Waals surface area contributed by atoms with Gasteiger partial charge in [-0.2, -0.15) is 5.10 Å². The minimum absolute atomic E-state index is 0.183. The van der Waals surface area contributed by atoms with Crippen molar-refractivity contribution < 1.29 is 9.53 Å². The third-order valence-electron chi connectivity index (χ3n) is 4.63. The monoisotopic (exact) mass is 277 g/mol. The van der Waals surface area contributed by atoms with Gasteiger partial charge in [0.25, 0.3) is 0 Å². The molecule has 2 aliphatic rings. The number of nitrogens with zero attached hydrogens (tertiary/aromatic N) is 3. The molecule has 0 aromatic carbocycles. The number of ether oxygens (including phenoxy) is 1. The summed E-state index contributed by atoms with van der Waals surface area (Å²) in [5.41, 5.74) is 0.667. The van der Waals surface area contributed by atoms with Gasteiger partial charge in [-0.15, -0.1) is 0 Å². The SMILES string of the molecule is COc1cnn(CCN(C)C)c1C(=O)C1CC2CC2C1. The molecule has 0 amide bonds.